The maximum atomic E-state index is 13.5. The molecule has 1 aliphatic heterocycles. The van der Waals surface area contributed by atoms with Crippen LogP contribution in [0, 0.1) is 13.8 Å². The molecule has 0 unspecified atom stereocenters. The Morgan fingerprint density at radius 3 is 2.41 bits per heavy atom. The maximum absolute atomic E-state index is 13.5. The standard InChI is InChI=1S/C23H25Cl2N5O3S/c1-15-5-4-6-21(16(15)2)29-9-11-30(12-10-29)34(32,33)23-18(14-28(3)27-23)22(31)26-17-7-8-19(24)20(25)13-17/h4-8,13-14H,9-12H2,1-3H3,(H,26,31). The lowest BCUT2D eigenvalue weighted by Crippen LogP contribution is -2.49. The van der Waals surface area contributed by atoms with E-state index in [1.807, 2.05) is 6.07 Å². The number of aryl methyl sites for hydroxylation is 2. The Morgan fingerprint density at radius 1 is 1.03 bits per heavy atom. The highest BCUT2D eigenvalue weighted by molar-refractivity contribution is 7.89. The summed E-state index contributed by atoms with van der Waals surface area (Å²) in [5.74, 6) is -0.598. The number of rotatable bonds is 5. The second-order valence-corrected chi connectivity index (χ2v) is 10.9. The number of carbonyl (C=O) groups is 1. The van der Waals surface area contributed by atoms with E-state index in [-0.39, 0.29) is 15.6 Å². The summed E-state index contributed by atoms with van der Waals surface area (Å²) < 4.78 is 29.6. The first-order valence-corrected chi connectivity index (χ1v) is 12.9. The van der Waals surface area contributed by atoms with Crippen molar-refractivity contribution in [3.05, 3.63) is 69.3 Å². The fraction of sp³-hybridized carbons (Fsp3) is 0.304. The van der Waals surface area contributed by atoms with Gasteiger partial charge in [0.05, 0.1) is 15.6 Å². The molecule has 1 saturated heterocycles. The van der Waals surface area contributed by atoms with E-state index >= 15 is 0 Å². The smallest absolute Gasteiger partial charge is 0.263 e. The van der Waals surface area contributed by atoms with E-state index in [2.05, 4.69) is 41.3 Å². The van der Waals surface area contributed by atoms with Crippen molar-refractivity contribution < 1.29 is 13.2 Å². The van der Waals surface area contributed by atoms with Gasteiger partial charge in [-0.25, -0.2) is 8.42 Å². The first-order chi connectivity index (χ1) is 16.1. The van der Waals surface area contributed by atoms with Crippen LogP contribution in [0.3, 0.4) is 0 Å². The average Bonchev–Trinajstić information content (AvgIpc) is 3.21. The third-order valence-electron chi connectivity index (χ3n) is 5.96. The zero-order chi connectivity index (χ0) is 24.6. The SMILES string of the molecule is Cc1cccc(N2CCN(S(=O)(=O)c3nn(C)cc3C(=O)Nc3ccc(Cl)c(Cl)c3)CC2)c1C. The van der Waals surface area contributed by atoms with Crippen LogP contribution in [0.1, 0.15) is 21.5 Å². The van der Waals surface area contributed by atoms with Gasteiger partial charge in [-0.15, -0.1) is 0 Å². The average molecular weight is 522 g/mol. The quantitative estimate of drug-likeness (QED) is 0.545. The number of carbonyl (C=O) groups excluding carboxylic acids is 1. The minimum Gasteiger partial charge on any atom is -0.369 e. The van der Waals surface area contributed by atoms with Crippen LogP contribution in [0.15, 0.2) is 47.6 Å². The number of anilines is 2. The summed E-state index contributed by atoms with van der Waals surface area (Å²) in [6.45, 7) is 5.80. The molecule has 1 amide bonds. The number of sulfonamides is 1. The lowest BCUT2D eigenvalue weighted by molar-refractivity contribution is 0.102. The summed E-state index contributed by atoms with van der Waals surface area (Å²) >= 11 is 11.9. The van der Waals surface area contributed by atoms with E-state index in [0.29, 0.717) is 36.9 Å². The lowest BCUT2D eigenvalue weighted by Gasteiger charge is -2.36. The van der Waals surface area contributed by atoms with Crippen molar-refractivity contribution in [1.29, 1.82) is 0 Å². The molecule has 34 heavy (non-hydrogen) atoms. The molecule has 1 aromatic heterocycles. The third-order valence-corrected chi connectivity index (χ3v) is 8.53. The third kappa shape index (κ3) is 4.79. The van der Waals surface area contributed by atoms with Crippen LogP contribution in [0.4, 0.5) is 11.4 Å². The largest absolute Gasteiger partial charge is 0.369 e. The van der Waals surface area contributed by atoms with E-state index in [1.165, 1.54) is 32.4 Å². The predicted molar refractivity (Wildman–Crippen MR) is 135 cm³/mol. The monoisotopic (exact) mass is 521 g/mol. The molecule has 2 heterocycles. The zero-order valence-electron chi connectivity index (χ0n) is 19.0. The number of amides is 1. The lowest BCUT2D eigenvalue weighted by atomic mass is 10.1. The molecule has 0 aliphatic carbocycles. The molecule has 0 bridgehead atoms. The Bertz CT molecular complexity index is 1350. The van der Waals surface area contributed by atoms with E-state index in [0.717, 1.165) is 5.69 Å². The van der Waals surface area contributed by atoms with Crippen molar-refractivity contribution in [3.8, 4) is 0 Å². The molecule has 1 N–H and O–H groups in total. The van der Waals surface area contributed by atoms with Gasteiger partial charge in [-0.05, 0) is 49.2 Å². The summed E-state index contributed by atoms with van der Waals surface area (Å²) in [5.41, 5.74) is 3.85. The number of nitrogens with one attached hydrogen (secondary N) is 1. The van der Waals surface area contributed by atoms with Crippen LogP contribution < -0.4 is 10.2 Å². The second-order valence-electron chi connectivity index (χ2n) is 8.21. The van der Waals surface area contributed by atoms with E-state index in [9.17, 15) is 13.2 Å². The van der Waals surface area contributed by atoms with E-state index in [1.54, 1.807) is 19.2 Å². The van der Waals surface area contributed by atoms with Crippen LogP contribution in [0.5, 0.6) is 0 Å². The van der Waals surface area contributed by atoms with Crippen LogP contribution in [-0.4, -0.2) is 54.6 Å². The van der Waals surface area contributed by atoms with Gasteiger partial charge in [0.1, 0.15) is 0 Å². The van der Waals surface area contributed by atoms with Crippen molar-refractivity contribution in [2.24, 2.45) is 7.05 Å². The first kappa shape index (κ1) is 24.5. The Hall–Kier alpha value is -2.59. The molecule has 0 atom stereocenters. The molecular formula is C23H25Cl2N5O3S. The minimum atomic E-state index is -3.98. The summed E-state index contributed by atoms with van der Waals surface area (Å²) in [7, 11) is -2.40. The zero-order valence-corrected chi connectivity index (χ0v) is 21.4. The Morgan fingerprint density at radius 2 is 1.74 bits per heavy atom. The predicted octanol–water partition coefficient (Wildman–Crippen LogP) is 4.11. The van der Waals surface area contributed by atoms with Gasteiger partial charge in [0.25, 0.3) is 15.9 Å². The van der Waals surface area contributed by atoms with E-state index in [4.69, 9.17) is 23.2 Å². The first-order valence-electron chi connectivity index (χ1n) is 10.7. The fourth-order valence-electron chi connectivity index (χ4n) is 3.96. The summed E-state index contributed by atoms with van der Waals surface area (Å²) in [4.78, 5) is 15.1. The van der Waals surface area contributed by atoms with Crippen LogP contribution in [0.25, 0.3) is 0 Å². The number of hydrogen-bond acceptors (Lipinski definition) is 5. The highest BCUT2D eigenvalue weighted by Gasteiger charge is 2.34. The second kappa shape index (κ2) is 9.58. The topological polar surface area (TPSA) is 87.5 Å². The van der Waals surface area contributed by atoms with Crippen molar-refractivity contribution in [1.82, 2.24) is 14.1 Å². The van der Waals surface area contributed by atoms with Gasteiger partial charge in [0, 0.05) is 50.8 Å². The molecule has 0 saturated carbocycles. The van der Waals surface area contributed by atoms with Gasteiger partial charge in [-0.2, -0.15) is 9.40 Å². The normalized spacial score (nSPS) is 14.9. The molecule has 180 valence electrons. The molecule has 1 fully saturated rings. The number of halogens is 2. The molecule has 11 heteroatoms. The molecule has 2 aromatic carbocycles. The summed E-state index contributed by atoms with van der Waals surface area (Å²) in [5, 5.41) is 7.15. The molecule has 8 nitrogen and oxygen atoms in total. The number of hydrogen-bond donors (Lipinski definition) is 1. The van der Waals surface area contributed by atoms with E-state index < -0.39 is 15.9 Å². The van der Waals surface area contributed by atoms with Crippen LogP contribution >= 0.6 is 23.2 Å². The number of piperazine rings is 1. The molecule has 3 aromatic rings. The molecule has 0 spiro atoms. The summed E-state index contributed by atoms with van der Waals surface area (Å²) in [6.07, 6.45) is 1.39. The Labute approximate surface area is 209 Å². The number of aromatic nitrogens is 2. The minimum absolute atomic E-state index is 0.0365. The fourth-order valence-corrected chi connectivity index (χ4v) is 5.80. The molecule has 1 aliphatic rings. The highest BCUT2D eigenvalue weighted by Crippen LogP contribution is 2.28. The van der Waals surface area contributed by atoms with Gasteiger partial charge in [0.15, 0.2) is 0 Å². The van der Waals surface area contributed by atoms with Crippen molar-refractivity contribution in [2.45, 2.75) is 18.9 Å². The molecular weight excluding hydrogens is 497 g/mol. The van der Waals surface area contributed by atoms with Crippen molar-refractivity contribution >= 4 is 50.5 Å². The van der Waals surface area contributed by atoms with Crippen LogP contribution in [-0.2, 0) is 17.1 Å². The number of benzene rings is 2. The van der Waals surface area contributed by atoms with Gasteiger partial charge < -0.3 is 10.2 Å². The highest BCUT2D eigenvalue weighted by atomic mass is 35.5. The van der Waals surface area contributed by atoms with Gasteiger partial charge in [0.2, 0.25) is 5.03 Å². The Balaban J connectivity index is 1.53. The Kier molecular flexibility index (Phi) is 6.91. The molecule has 4 rings (SSSR count). The van der Waals surface area contributed by atoms with Gasteiger partial charge in [-0.3, -0.25) is 9.48 Å². The van der Waals surface area contributed by atoms with Crippen molar-refractivity contribution in [2.75, 3.05) is 36.4 Å². The summed E-state index contributed by atoms with van der Waals surface area (Å²) in [6, 6.07) is 10.8. The van der Waals surface area contributed by atoms with Gasteiger partial charge in [-0.1, -0.05) is 35.3 Å². The molecule has 0 radical (unpaired) electrons. The number of nitrogens with zero attached hydrogens (tertiary/aromatic N) is 4. The van der Waals surface area contributed by atoms with Crippen molar-refractivity contribution in [3.63, 3.8) is 0 Å². The maximum Gasteiger partial charge on any atom is 0.263 e. The van der Waals surface area contributed by atoms with Gasteiger partial charge >= 0.3 is 0 Å². The van der Waals surface area contributed by atoms with Crippen LogP contribution in [0.2, 0.25) is 10.0 Å².